The third kappa shape index (κ3) is 3.08. The van der Waals surface area contributed by atoms with Gasteiger partial charge in [0.25, 0.3) is 0 Å². The molecule has 0 saturated carbocycles. The highest BCUT2D eigenvalue weighted by Gasteiger charge is 2.20. The normalized spacial score (nSPS) is 20.7. The van der Waals surface area contributed by atoms with Gasteiger partial charge in [0.05, 0.1) is 0 Å². The zero-order chi connectivity index (χ0) is 13.1. The Labute approximate surface area is 110 Å². The van der Waals surface area contributed by atoms with Crippen LogP contribution in [0.5, 0.6) is 0 Å². The molecule has 1 aliphatic rings. The molecule has 3 nitrogen and oxygen atoms in total. The number of rotatable bonds is 3. The summed E-state index contributed by atoms with van der Waals surface area (Å²) in [6.45, 7) is 11.0. The highest BCUT2D eigenvalue weighted by atomic mass is 14.9. The zero-order valence-corrected chi connectivity index (χ0v) is 12.0. The van der Waals surface area contributed by atoms with Crippen molar-refractivity contribution in [1.29, 1.82) is 0 Å². The molecular weight excluding hydrogens is 222 g/mol. The second-order valence-electron chi connectivity index (χ2n) is 5.93. The zero-order valence-electron chi connectivity index (χ0n) is 12.0. The van der Waals surface area contributed by atoms with Gasteiger partial charge in [-0.25, -0.2) is 9.97 Å². The molecule has 2 heterocycles. The second kappa shape index (κ2) is 5.79. The van der Waals surface area contributed by atoms with Crippen molar-refractivity contribution >= 4 is 0 Å². The fourth-order valence-electron chi connectivity index (χ4n) is 2.35. The van der Waals surface area contributed by atoms with Gasteiger partial charge in [0, 0.05) is 23.9 Å². The summed E-state index contributed by atoms with van der Waals surface area (Å²) in [6.07, 6.45) is 2.45. The number of aromatic nitrogens is 2. The first-order valence-corrected chi connectivity index (χ1v) is 7.17. The van der Waals surface area contributed by atoms with Crippen LogP contribution in [0.15, 0.2) is 6.07 Å². The van der Waals surface area contributed by atoms with Gasteiger partial charge < -0.3 is 5.32 Å². The van der Waals surface area contributed by atoms with E-state index in [-0.39, 0.29) is 0 Å². The Morgan fingerprint density at radius 1 is 1.11 bits per heavy atom. The molecule has 1 fully saturated rings. The van der Waals surface area contributed by atoms with Crippen molar-refractivity contribution in [2.24, 2.45) is 0 Å². The van der Waals surface area contributed by atoms with Crippen LogP contribution in [-0.4, -0.2) is 23.1 Å². The van der Waals surface area contributed by atoms with Crippen LogP contribution in [0.3, 0.4) is 0 Å². The third-order valence-corrected chi connectivity index (χ3v) is 3.63. The van der Waals surface area contributed by atoms with E-state index in [0.717, 1.165) is 18.9 Å². The number of nitrogens with zero attached hydrogens (tertiary/aromatic N) is 2. The fourth-order valence-corrected chi connectivity index (χ4v) is 2.35. The van der Waals surface area contributed by atoms with Gasteiger partial charge in [-0.05, 0) is 37.3 Å². The predicted octanol–water partition coefficient (Wildman–Crippen LogP) is 3.19. The molecule has 1 aromatic heterocycles. The maximum absolute atomic E-state index is 4.79. The molecule has 1 unspecified atom stereocenters. The van der Waals surface area contributed by atoms with Gasteiger partial charge in [-0.1, -0.05) is 27.7 Å². The van der Waals surface area contributed by atoms with E-state index in [1.165, 1.54) is 24.2 Å². The lowest BCUT2D eigenvalue weighted by Gasteiger charge is -2.23. The maximum atomic E-state index is 4.79. The Hall–Kier alpha value is -0.960. The lowest BCUT2D eigenvalue weighted by Crippen LogP contribution is -2.29. The standard InChI is InChI=1S/C15H25N3/c1-10(2)13-8-14(11(3)4)18-15(17-13)12-6-5-7-16-9-12/h8,10-12,16H,5-7,9H2,1-4H3. The lowest BCUT2D eigenvalue weighted by molar-refractivity contribution is 0.443. The first kappa shape index (κ1) is 13.5. The van der Waals surface area contributed by atoms with Crippen molar-refractivity contribution in [1.82, 2.24) is 15.3 Å². The largest absolute Gasteiger partial charge is 0.316 e. The van der Waals surface area contributed by atoms with E-state index in [9.17, 15) is 0 Å². The van der Waals surface area contributed by atoms with E-state index in [1.54, 1.807) is 0 Å². The van der Waals surface area contributed by atoms with Crippen molar-refractivity contribution in [3.8, 4) is 0 Å². The van der Waals surface area contributed by atoms with Gasteiger partial charge in [-0.3, -0.25) is 0 Å². The molecule has 1 saturated heterocycles. The smallest absolute Gasteiger partial charge is 0.133 e. The van der Waals surface area contributed by atoms with Crippen LogP contribution in [0.25, 0.3) is 0 Å². The van der Waals surface area contributed by atoms with Crippen LogP contribution in [0, 0.1) is 0 Å². The Morgan fingerprint density at radius 3 is 2.17 bits per heavy atom. The van der Waals surface area contributed by atoms with E-state index in [0.29, 0.717) is 17.8 Å². The average molecular weight is 247 g/mol. The van der Waals surface area contributed by atoms with Crippen LogP contribution in [0.4, 0.5) is 0 Å². The summed E-state index contributed by atoms with van der Waals surface area (Å²) in [5.41, 5.74) is 2.38. The minimum absolute atomic E-state index is 0.473. The molecule has 0 amide bonds. The summed E-state index contributed by atoms with van der Waals surface area (Å²) in [6, 6.07) is 2.18. The van der Waals surface area contributed by atoms with Crippen molar-refractivity contribution in [2.45, 2.75) is 58.3 Å². The Morgan fingerprint density at radius 2 is 1.72 bits per heavy atom. The summed E-state index contributed by atoms with van der Waals surface area (Å²) >= 11 is 0. The Bertz CT molecular complexity index is 366. The number of hydrogen-bond acceptors (Lipinski definition) is 3. The van der Waals surface area contributed by atoms with Gasteiger partial charge in [-0.2, -0.15) is 0 Å². The lowest BCUT2D eigenvalue weighted by atomic mass is 9.97. The fraction of sp³-hybridized carbons (Fsp3) is 0.733. The highest BCUT2D eigenvalue weighted by molar-refractivity contribution is 5.18. The van der Waals surface area contributed by atoms with Crippen molar-refractivity contribution in [3.63, 3.8) is 0 Å². The first-order valence-electron chi connectivity index (χ1n) is 7.17. The quantitative estimate of drug-likeness (QED) is 0.891. The molecule has 1 aromatic rings. The van der Waals surface area contributed by atoms with Crippen LogP contribution in [0.1, 0.15) is 75.5 Å². The SMILES string of the molecule is CC(C)c1cc(C(C)C)nc(C2CCCNC2)n1. The van der Waals surface area contributed by atoms with Crippen molar-refractivity contribution < 1.29 is 0 Å². The minimum Gasteiger partial charge on any atom is -0.316 e. The summed E-state index contributed by atoms with van der Waals surface area (Å²) in [5.74, 6) is 2.49. The molecule has 3 heteroatoms. The van der Waals surface area contributed by atoms with Crippen molar-refractivity contribution in [3.05, 3.63) is 23.3 Å². The number of hydrogen-bond donors (Lipinski definition) is 1. The van der Waals surface area contributed by atoms with E-state index in [4.69, 9.17) is 9.97 Å². The summed E-state index contributed by atoms with van der Waals surface area (Å²) < 4.78 is 0. The predicted molar refractivity (Wildman–Crippen MR) is 75.1 cm³/mol. The molecular formula is C15H25N3. The van der Waals surface area contributed by atoms with Crippen molar-refractivity contribution in [2.75, 3.05) is 13.1 Å². The molecule has 0 bridgehead atoms. The number of piperidine rings is 1. The molecule has 2 rings (SSSR count). The molecule has 18 heavy (non-hydrogen) atoms. The topological polar surface area (TPSA) is 37.8 Å². The summed E-state index contributed by atoms with van der Waals surface area (Å²) in [7, 11) is 0. The molecule has 0 aliphatic carbocycles. The van der Waals surface area contributed by atoms with Gasteiger partial charge in [0.2, 0.25) is 0 Å². The Kier molecular flexibility index (Phi) is 4.33. The first-order chi connectivity index (χ1) is 8.58. The average Bonchev–Trinajstić information content (AvgIpc) is 2.39. The molecule has 1 atom stereocenters. The second-order valence-corrected chi connectivity index (χ2v) is 5.93. The molecule has 0 spiro atoms. The molecule has 0 radical (unpaired) electrons. The third-order valence-electron chi connectivity index (χ3n) is 3.63. The minimum atomic E-state index is 0.473. The maximum Gasteiger partial charge on any atom is 0.133 e. The van der Waals surface area contributed by atoms with E-state index >= 15 is 0 Å². The van der Waals surface area contributed by atoms with E-state index < -0.39 is 0 Å². The van der Waals surface area contributed by atoms with Gasteiger partial charge in [0.1, 0.15) is 5.82 Å². The molecule has 1 N–H and O–H groups in total. The number of nitrogens with one attached hydrogen (secondary N) is 1. The van der Waals surface area contributed by atoms with Crippen LogP contribution in [0.2, 0.25) is 0 Å². The molecule has 1 aliphatic heterocycles. The summed E-state index contributed by atoms with van der Waals surface area (Å²) in [5, 5.41) is 3.45. The Balaban J connectivity index is 2.32. The molecule has 100 valence electrons. The van der Waals surface area contributed by atoms with E-state index in [1.807, 2.05) is 0 Å². The monoisotopic (exact) mass is 247 g/mol. The van der Waals surface area contributed by atoms with Crippen LogP contribution < -0.4 is 5.32 Å². The van der Waals surface area contributed by atoms with Gasteiger partial charge >= 0.3 is 0 Å². The highest BCUT2D eigenvalue weighted by Crippen LogP contribution is 2.24. The van der Waals surface area contributed by atoms with Crippen LogP contribution >= 0.6 is 0 Å². The molecule has 0 aromatic carbocycles. The van der Waals surface area contributed by atoms with Gasteiger partial charge in [-0.15, -0.1) is 0 Å². The summed E-state index contributed by atoms with van der Waals surface area (Å²) in [4.78, 5) is 9.58. The van der Waals surface area contributed by atoms with Gasteiger partial charge in [0.15, 0.2) is 0 Å². The van der Waals surface area contributed by atoms with E-state index in [2.05, 4.69) is 39.1 Å². The van der Waals surface area contributed by atoms with Crippen LogP contribution in [-0.2, 0) is 0 Å².